The maximum atomic E-state index is 12.1. The molecule has 1 aromatic heterocycles. The van der Waals surface area contributed by atoms with Crippen LogP contribution in [0.25, 0.3) is 5.69 Å². The summed E-state index contributed by atoms with van der Waals surface area (Å²) >= 11 is 0. The quantitative estimate of drug-likeness (QED) is 0.670. The lowest BCUT2D eigenvalue weighted by Gasteiger charge is -2.08. The molecule has 0 fully saturated rings. The second-order valence-electron chi connectivity index (χ2n) is 6.10. The summed E-state index contributed by atoms with van der Waals surface area (Å²) in [6.07, 6.45) is 1.30. The summed E-state index contributed by atoms with van der Waals surface area (Å²) in [5.41, 5.74) is 4.11. The van der Waals surface area contributed by atoms with Crippen molar-refractivity contribution in [1.82, 2.24) is 15.1 Å². The average Bonchev–Trinajstić information content (AvgIpc) is 2.91. The van der Waals surface area contributed by atoms with Gasteiger partial charge >= 0.3 is 5.97 Å². The molecule has 0 aliphatic heterocycles. The highest BCUT2D eigenvalue weighted by molar-refractivity contribution is 5.94. The number of amides is 1. The zero-order valence-corrected chi connectivity index (χ0v) is 15.4. The number of aromatic nitrogens is 2. The molecule has 0 bridgehead atoms. The highest BCUT2D eigenvalue weighted by atomic mass is 16.5. The number of carbonyl (C=O) groups excluding carboxylic acids is 1. The first-order valence-electron chi connectivity index (χ1n) is 8.58. The van der Waals surface area contributed by atoms with E-state index in [0.717, 1.165) is 29.1 Å². The zero-order chi connectivity index (χ0) is 19.1. The van der Waals surface area contributed by atoms with Crippen molar-refractivity contribution in [3.63, 3.8) is 0 Å². The summed E-state index contributed by atoms with van der Waals surface area (Å²) < 4.78 is 6.74. The molecule has 2 N–H and O–H groups in total. The van der Waals surface area contributed by atoms with Crippen LogP contribution in [0, 0.1) is 13.8 Å². The van der Waals surface area contributed by atoms with Crippen LogP contribution in [0.3, 0.4) is 0 Å². The number of benzene rings is 1. The van der Waals surface area contributed by atoms with Crippen LogP contribution in [0.1, 0.15) is 40.2 Å². The topological polar surface area (TPSA) is 93.5 Å². The molecule has 2 aromatic rings. The average molecular weight is 359 g/mol. The molecule has 1 aromatic carbocycles. The molecule has 1 amide bonds. The maximum absolute atomic E-state index is 12.1. The summed E-state index contributed by atoms with van der Waals surface area (Å²) in [6, 6.07) is 7.19. The minimum absolute atomic E-state index is 0.0789. The Hall–Kier alpha value is -2.67. The molecule has 0 radical (unpaired) electrons. The van der Waals surface area contributed by atoms with Crippen molar-refractivity contribution < 1.29 is 19.4 Å². The Balaban J connectivity index is 2.09. The maximum Gasteiger partial charge on any atom is 0.303 e. The van der Waals surface area contributed by atoms with Crippen LogP contribution in [0.5, 0.6) is 0 Å². The number of hydrogen-bond acceptors (Lipinski definition) is 4. The summed E-state index contributed by atoms with van der Waals surface area (Å²) in [5, 5.41) is 16.2. The van der Waals surface area contributed by atoms with Gasteiger partial charge in [-0.3, -0.25) is 9.59 Å². The first-order valence-corrected chi connectivity index (χ1v) is 8.58. The lowest BCUT2D eigenvalue weighted by atomic mass is 10.1. The van der Waals surface area contributed by atoms with Gasteiger partial charge in [0.2, 0.25) is 0 Å². The summed E-state index contributed by atoms with van der Waals surface area (Å²) in [4.78, 5) is 22.9. The molecule has 0 atom stereocenters. The molecule has 140 valence electrons. The smallest absolute Gasteiger partial charge is 0.303 e. The number of ether oxygens (including phenoxy) is 1. The number of aliphatic carboxylic acids is 1. The van der Waals surface area contributed by atoms with Gasteiger partial charge in [-0.2, -0.15) is 5.10 Å². The van der Waals surface area contributed by atoms with E-state index >= 15 is 0 Å². The normalized spacial score (nSPS) is 10.7. The molecule has 0 spiro atoms. The highest BCUT2D eigenvalue weighted by Gasteiger charge is 2.14. The first kappa shape index (κ1) is 19.7. The van der Waals surface area contributed by atoms with Crippen LogP contribution in [-0.2, 0) is 16.0 Å². The Morgan fingerprint density at radius 2 is 1.92 bits per heavy atom. The Bertz CT molecular complexity index is 766. The minimum atomic E-state index is -0.822. The largest absolute Gasteiger partial charge is 0.481 e. The second kappa shape index (κ2) is 9.15. The number of carboxylic acid groups (broad SMARTS) is 1. The van der Waals surface area contributed by atoms with Crippen molar-refractivity contribution >= 4 is 11.9 Å². The monoisotopic (exact) mass is 359 g/mol. The third-order valence-electron chi connectivity index (χ3n) is 4.21. The van der Waals surface area contributed by atoms with Gasteiger partial charge in [0, 0.05) is 37.9 Å². The van der Waals surface area contributed by atoms with E-state index in [0.29, 0.717) is 25.1 Å². The predicted octanol–water partition coefficient (Wildman–Crippen LogP) is 2.27. The molecule has 2 rings (SSSR count). The number of methoxy groups -OCH3 is 1. The molecule has 0 aliphatic carbocycles. The van der Waals surface area contributed by atoms with Crippen LogP contribution >= 0.6 is 0 Å². The Morgan fingerprint density at radius 1 is 1.23 bits per heavy atom. The lowest BCUT2D eigenvalue weighted by molar-refractivity contribution is -0.136. The van der Waals surface area contributed by atoms with Crippen molar-refractivity contribution in [3.05, 3.63) is 46.8 Å². The molecular weight excluding hydrogens is 334 g/mol. The van der Waals surface area contributed by atoms with Gasteiger partial charge in [-0.1, -0.05) is 0 Å². The van der Waals surface area contributed by atoms with Gasteiger partial charge in [-0.15, -0.1) is 0 Å². The van der Waals surface area contributed by atoms with Gasteiger partial charge in [-0.05, 0) is 56.5 Å². The van der Waals surface area contributed by atoms with Gasteiger partial charge in [-0.25, -0.2) is 4.68 Å². The fourth-order valence-corrected chi connectivity index (χ4v) is 2.79. The van der Waals surface area contributed by atoms with E-state index < -0.39 is 5.97 Å². The standard InChI is InChI=1S/C19H25N3O4/c1-13-17(9-10-18(23)24)14(2)22(21-13)16-7-5-15(6-8-16)19(25)20-11-4-12-26-3/h5-8H,4,9-12H2,1-3H3,(H,20,25)(H,23,24). The molecule has 26 heavy (non-hydrogen) atoms. The molecule has 1 heterocycles. The van der Waals surface area contributed by atoms with Crippen LogP contribution in [0.4, 0.5) is 0 Å². The third kappa shape index (κ3) is 4.92. The molecule has 0 aliphatic rings. The van der Waals surface area contributed by atoms with E-state index in [2.05, 4.69) is 10.4 Å². The fourth-order valence-electron chi connectivity index (χ4n) is 2.79. The number of nitrogens with one attached hydrogen (secondary N) is 1. The van der Waals surface area contributed by atoms with Crippen LogP contribution in [0.2, 0.25) is 0 Å². The number of carbonyl (C=O) groups is 2. The Kier molecular flexibility index (Phi) is 6.91. The van der Waals surface area contributed by atoms with E-state index in [1.165, 1.54) is 0 Å². The van der Waals surface area contributed by atoms with Crippen LogP contribution in [0.15, 0.2) is 24.3 Å². The third-order valence-corrected chi connectivity index (χ3v) is 4.21. The molecular formula is C19H25N3O4. The summed E-state index contributed by atoms with van der Waals surface area (Å²) in [5.74, 6) is -0.944. The Morgan fingerprint density at radius 3 is 2.54 bits per heavy atom. The van der Waals surface area contributed by atoms with Crippen molar-refractivity contribution in [2.24, 2.45) is 0 Å². The molecule has 7 heteroatoms. The second-order valence-corrected chi connectivity index (χ2v) is 6.10. The predicted molar refractivity (Wildman–Crippen MR) is 97.8 cm³/mol. The number of hydrogen-bond donors (Lipinski definition) is 2. The number of nitrogens with zero attached hydrogens (tertiary/aromatic N) is 2. The highest BCUT2D eigenvalue weighted by Crippen LogP contribution is 2.19. The van der Waals surface area contributed by atoms with Gasteiger partial charge in [0.05, 0.1) is 11.4 Å². The van der Waals surface area contributed by atoms with Crippen molar-refractivity contribution in [3.8, 4) is 5.69 Å². The van der Waals surface area contributed by atoms with Gasteiger partial charge in [0.15, 0.2) is 0 Å². The van der Waals surface area contributed by atoms with Crippen LogP contribution < -0.4 is 5.32 Å². The number of rotatable bonds is 9. The molecule has 7 nitrogen and oxygen atoms in total. The van der Waals surface area contributed by atoms with Gasteiger partial charge < -0.3 is 15.2 Å². The first-order chi connectivity index (χ1) is 12.4. The van der Waals surface area contributed by atoms with Crippen molar-refractivity contribution in [2.75, 3.05) is 20.3 Å². The SMILES string of the molecule is COCCCNC(=O)c1ccc(-n2nc(C)c(CCC(=O)O)c2C)cc1. The summed E-state index contributed by atoms with van der Waals surface area (Å²) in [6.45, 7) is 4.98. The van der Waals surface area contributed by atoms with E-state index in [9.17, 15) is 9.59 Å². The van der Waals surface area contributed by atoms with E-state index in [1.807, 2.05) is 26.0 Å². The molecule has 0 saturated heterocycles. The van der Waals surface area contributed by atoms with Crippen molar-refractivity contribution in [1.29, 1.82) is 0 Å². The van der Waals surface area contributed by atoms with E-state index in [1.54, 1.807) is 23.9 Å². The van der Waals surface area contributed by atoms with E-state index in [-0.39, 0.29) is 12.3 Å². The fraction of sp³-hybridized carbons (Fsp3) is 0.421. The Labute approximate surface area is 153 Å². The molecule has 0 unspecified atom stereocenters. The summed E-state index contributed by atoms with van der Waals surface area (Å²) in [7, 11) is 1.63. The van der Waals surface area contributed by atoms with E-state index in [4.69, 9.17) is 9.84 Å². The van der Waals surface area contributed by atoms with Gasteiger partial charge in [0.1, 0.15) is 0 Å². The van der Waals surface area contributed by atoms with Crippen LogP contribution in [-0.4, -0.2) is 47.0 Å². The zero-order valence-electron chi connectivity index (χ0n) is 15.4. The number of aryl methyl sites for hydroxylation is 1. The molecule has 0 saturated carbocycles. The lowest BCUT2D eigenvalue weighted by Crippen LogP contribution is -2.25. The minimum Gasteiger partial charge on any atom is -0.481 e. The number of carboxylic acids is 1. The van der Waals surface area contributed by atoms with Crippen molar-refractivity contribution in [2.45, 2.75) is 33.1 Å². The van der Waals surface area contributed by atoms with Gasteiger partial charge in [0.25, 0.3) is 5.91 Å².